The zero-order valence-electron chi connectivity index (χ0n) is 20.2. The Morgan fingerprint density at radius 2 is 1.72 bits per heavy atom. The molecule has 0 unspecified atom stereocenters. The number of Topliss-reactive ketones (excluding diaryl/α,β-unsaturated/α-hetero) is 2. The number of ether oxygens (including phenoxy) is 2. The predicted octanol–water partition coefficient (Wildman–Crippen LogP) is 3.66. The van der Waals surface area contributed by atoms with Crippen molar-refractivity contribution in [2.24, 2.45) is 44.8 Å². The van der Waals surface area contributed by atoms with Crippen LogP contribution in [0.5, 0.6) is 0 Å². The van der Waals surface area contributed by atoms with Crippen LogP contribution in [0.2, 0.25) is 0 Å². The Morgan fingerprint density at radius 3 is 2.31 bits per heavy atom. The number of hydrogen-bond acceptors (Lipinski definition) is 6. The highest BCUT2D eigenvalue weighted by atomic mass is 16.6. The average molecular weight is 443 g/mol. The molecule has 0 N–H and O–H groups in total. The molecule has 8 atom stereocenters. The Labute approximate surface area is 189 Å². The molecule has 6 nitrogen and oxygen atoms in total. The monoisotopic (exact) mass is 442 g/mol. The molecule has 0 aromatic carbocycles. The van der Waals surface area contributed by atoms with E-state index in [-0.39, 0.29) is 40.9 Å². The number of allylic oxidation sites excluding steroid dienone is 2. The van der Waals surface area contributed by atoms with Crippen LogP contribution in [-0.2, 0) is 28.7 Å². The Morgan fingerprint density at radius 1 is 1.06 bits per heavy atom. The molecule has 6 rings (SSSR count). The van der Waals surface area contributed by atoms with Gasteiger partial charge in [-0.15, -0.1) is 0 Å². The molecule has 0 aromatic heterocycles. The van der Waals surface area contributed by atoms with Gasteiger partial charge in [-0.05, 0) is 57.8 Å². The molecular formula is C26H34O6. The van der Waals surface area contributed by atoms with Gasteiger partial charge < -0.3 is 9.47 Å². The molecule has 4 aliphatic carbocycles. The lowest BCUT2D eigenvalue weighted by Crippen LogP contribution is -2.74. The van der Waals surface area contributed by atoms with E-state index in [9.17, 15) is 19.2 Å². The van der Waals surface area contributed by atoms with Crippen LogP contribution >= 0.6 is 0 Å². The standard InChI is InChI=1S/C26H34O6/c1-13-12-16-23(5,26(21(30)31-7)19(28)14(2)18(27)24(13,26)6)10-8-15-22(3,4)17-9-11-25(15,16)20(29)32-17/h12,14-17H,8-11H2,1-7H3/t14-,15+,16+,17-,23+,24+,25+,26+/m0/s1. The summed E-state index contributed by atoms with van der Waals surface area (Å²) in [7, 11) is 1.29. The molecule has 2 bridgehead atoms. The highest BCUT2D eigenvalue weighted by molar-refractivity contribution is 6.25. The smallest absolute Gasteiger partial charge is 0.321 e. The summed E-state index contributed by atoms with van der Waals surface area (Å²) in [5.41, 5.74) is -4.14. The van der Waals surface area contributed by atoms with E-state index in [1.54, 1.807) is 13.8 Å². The fourth-order valence-electron chi connectivity index (χ4n) is 9.31. The van der Waals surface area contributed by atoms with Crippen molar-refractivity contribution in [3.63, 3.8) is 0 Å². The van der Waals surface area contributed by atoms with Crippen molar-refractivity contribution in [1.29, 1.82) is 0 Å². The third kappa shape index (κ3) is 1.82. The summed E-state index contributed by atoms with van der Waals surface area (Å²) in [5.74, 6) is -2.60. The van der Waals surface area contributed by atoms with Crippen molar-refractivity contribution in [3.8, 4) is 0 Å². The summed E-state index contributed by atoms with van der Waals surface area (Å²) >= 11 is 0. The summed E-state index contributed by atoms with van der Waals surface area (Å²) in [5, 5.41) is 0. The van der Waals surface area contributed by atoms with Gasteiger partial charge in [0.2, 0.25) is 0 Å². The van der Waals surface area contributed by atoms with Gasteiger partial charge in [-0.3, -0.25) is 19.2 Å². The number of carbonyl (C=O) groups excluding carboxylic acids is 4. The number of methoxy groups -OCH3 is 1. The Balaban J connectivity index is 1.85. The van der Waals surface area contributed by atoms with E-state index < -0.39 is 33.5 Å². The molecule has 3 saturated carbocycles. The number of hydrogen-bond donors (Lipinski definition) is 0. The van der Waals surface area contributed by atoms with Crippen LogP contribution in [0.1, 0.15) is 67.2 Å². The molecule has 6 heteroatoms. The number of rotatable bonds is 1. The van der Waals surface area contributed by atoms with Gasteiger partial charge in [-0.1, -0.05) is 32.4 Å². The van der Waals surface area contributed by atoms with Gasteiger partial charge in [0, 0.05) is 11.3 Å². The number of ketones is 2. The van der Waals surface area contributed by atoms with Crippen molar-refractivity contribution in [2.75, 3.05) is 7.11 Å². The molecule has 1 spiro atoms. The third-order valence-corrected chi connectivity index (χ3v) is 10.9. The normalized spacial score (nSPS) is 50.7. The minimum Gasteiger partial charge on any atom is -0.468 e. The van der Waals surface area contributed by atoms with Gasteiger partial charge in [0.05, 0.1) is 23.9 Å². The molecule has 2 aliphatic heterocycles. The lowest BCUT2D eigenvalue weighted by atomic mass is 9.33. The van der Waals surface area contributed by atoms with Crippen LogP contribution in [0.25, 0.3) is 0 Å². The van der Waals surface area contributed by atoms with Crippen LogP contribution < -0.4 is 0 Å². The molecule has 0 aromatic rings. The van der Waals surface area contributed by atoms with Crippen molar-refractivity contribution < 1.29 is 28.7 Å². The lowest BCUT2D eigenvalue weighted by molar-refractivity contribution is -0.261. The van der Waals surface area contributed by atoms with E-state index in [0.29, 0.717) is 24.8 Å². The van der Waals surface area contributed by atoms with Gasteiger partial charge in [-0.25, -0.2) is 0 Å². The second kappa shape index (κ2) is 5.92. The highest BCUT2D eigenvalue weighted by Crippen LogP contribution is 2.77. The summed E-state index contributed by atoms with van der Waals surface area (Å²) in [6.07, 6.45) is 4.70. The molecule has 2 saturated heterocycles. The molecule has 5 fully saturated rings. The zero-order valence-corrected chi connectivity index (χ0v) is 20.2. The third-order valence-electron chi connectivity index (χ3n) is 10.9. The van der Waals surface area contributed by atoms with Gasteiger partial charge in [-0.2, -0.15) is 0 Å². The number of esters is 2. The summed E-state index contributed by atoms with van der Waals surface area (Å²) in [6, 6.07) is 0. The lowest BCUT2D eigenvalue weighted by Gasteiger charge is -2.70. The van der Waals surface area contributed by atoms with Gasteiger partial charge >= 0.3 is 11.9 Å². The number of carbonyl (C=O) groups is 4. The maximum atomic E-state index is 14.0. The molecule has 32 heavy (non-hydrogen) atoms. The van der Waals surface area contributed by atoms with Crippen LogP contribution in [0.4, 0.5) is 0 Å². The van der Waals surface area contributed by atoms with Crippen molar-refractivity contribution in [2.45, 2.75) is 73.3 Å². The van der Waals surface area contributed by atoms with Crippen LogP contribution in [0.3, 0.4) is 0 Å². The Hall–Kier alpha value is -1.98. The van der Waals surface area contributed by atoms with Crippen molar-refractivity contribution in [3.05, 3.63) is 11.6 Å². The quantitative estimate of drug-likeness (QED) is 0.350. The second-order valence-electron chi connectivity index (χ2n) is 11.9. The van der Waals surface area contributed by atoms with E-state index in [1.165, 1.54) is 7.11 Å². The SMILES string of the molecule is COC(=O)[C@@]12C(=O)[C@@H](C)C(=O)[C@@]1(C)C(C)=C[C@H]1[C@]34CC[C@H](OC3=O)C(C)(C)[C@H]4CC[C@]12C. The fourth-order valence-corrected chi connectivity index (χ4v) is 9.31. The minimum absolute atomic E-state index is 0.0980. The first kappa shape index (κ1) is 21.8. The minimum atomic E-state index is -1.65. The first-order valence-electron chi connectivity index (χ1n) is 11.9. The van der Waals surface area contributed by atoms with E-state index in [2.05, 4.69) is 19.9 Å². The molecule has 174 valence electrons. The fraction of sp³-hybridized carbons (Fsp3) is 0.769. The highest BCUT2D eigenvalue weighted by Gasteiger charge is 2.84. The molecule has 6 aliphatic rings. The maximum absolute atomic E-state index is 14.0. The molecule has 0 radical (unpaired) electrons. The average Bonchev–Trinajstić information content (AvgIpc) is 2.90. The first-order chi connectivity index (χ1) is 14.8. The summed E-state index contributed by atoms with van der Waals surface area (Å²) < 4.78 is 11.3. The Kier molecular flexibility index (Phi) is 4.04. The van der Waals surface area contributed by atoms with Crippen molar-refractivity contribution >= 4 is 23.5 Å². The van der Waals surface area contributed by atoms with E-state index in [4.69, 9.17) is 9.47 Å². The van der Waals surface area contributed by atoms with Crippen LogP contribution in [-0.4, -0.2) is 36.7 Å². The summed E-state index contributed by atoms with van der Waals surface area (Å²) in [6.45, 7) is 11.5. The Bertz CT molecular complexity index is 1010. The predicted molar refractivity (Wildman–Crippen MR) is 115 cm³/mol. The van der Waals surface area contributed by atoms with Crippen LogP contribution in [0, 0.1) is 44.8 Å². The topological polar surface area (TPSA) is 86.7 Å². The van der Waals surface area contributed by atoms with Gasteiger partial charge in [0.25, 0.3) is 0 Å². The van der Waals surface area contributed by atoms with Crippen LogP contribution in [0.15, 0.2) is 11.6 Å². The molecule has 2 heterocycles. The first-order valence-corrected chi connectivity index (χ1v) is 11.9. The van der Waals surface area contributed by atoms with E-state index in [1.807, 2.05) is 13.8 Å². The van der Waals surface area contributed by atoms with Gasteiger partial charge in [0.15, 0.2) is 11.6 Å². The largest absolute Gasteiger partial charge is 0.468 e. The van der Waals surface area contributed by atoms with E-state index in [0.717, 1.165) is 6.42 Å². The zero-order chi connectivity index (χ0) is 23.6. The molecule has 0 amide bonds. The maximum Gasteiger partial charge on any atom is 0.321 e. The number of fused-ring (bicyclic) bond motifs is 5. The van der Waals surface area contributed by atoms with Gasteiger partial charge in [0.1, 0.15) is 11.5 Å². The second-order valence-corrected chi connectivity index (χ2v) is 11.9. The van der Waals surface area contributed by atoms with Crippen molar-refractivity contribution in [1.82, 2.24) is 0 Å². The summed E-state index contributed by atoms with van der Waals surface area (Å²) in [4.78, 5) is 54.9. The van der Waals surface area contributed by atoms with E-state index >= 15 is 0 Å². The molecular weight excluding hydrogens is 408 g/mol.